The fourth-order valence-corrected chi connectivity index (χ4v) is 6.86. The van der Waals surface area contributed by atoms with Crippen LogP contribution in [0.5, 0.6) is 11.5 Å². The van der Waals surface area contributed by atoms with Gasteiger partial charge in [0.1, 0.15) is 16.8 Å². The number of pyridine rings is 1. The fraction of sp³-hybridized carbons (Fsp3) is 0.333. The SMILES string of the molecule is CNC(=O)COc1cc2cc(Nc3nc(N4CCC[C@H](COc5ccc6c(c5)C(=O)N(C5CCC(=O)NC5=O)C6=O)C4)ncc3Cl)ccc2n(C)c1=O. The number of hydrogen-bond donors (Lipinski definition) is 3. The zero-order valence-corrected chi connectivity index (χ0v) is 29.6. The Morgan fingerprint density at radius 3 is 2.62 bits per heavy atom. The minimum atomic E-state index is -1.04. The van der Waals surface area contributed by atoms with Crippen LogP contribution < -0.4 is 35.9 Å². The van der Waals surface area contributed by atoms with Gasteiger partial charge in [-0.2, -0.15) is 4.98 Å². The van der Waals surface area contributed by atoms with E-state index in [1.165, 1.54) is 29.9 Å². The second kappa shape index (κ2) is 14.5. The number of aromatic nitrogens is 3. The van der Waals surface area contributed by atoms with Gasteiger partial charge in [0, 0.05) is 50.6 Å². The average molecular weight is 743 g/mol. The first-order valence-corrected chi connectivity index (χ1v) is 17.4. The van der Waals surface area contributed by atoms with Crippen molar-refractivity contribution in [3.63, 3.8) is 0 Å². The number of imide groups is 2. The van der Waals surface area contributed by atoms with Crippen LogP contribution in [0.1, 0.15) is 46.4 Å². The Morgan fingerprint density at radius 2 is 1.83 bits per heavy atom. The normalized spacial score (nSPS) is 18.5. The molecular weight excluding hydrogens is 708 g/mol. The number of fused-ring (bicyclic) bond motifs is 2. The molecule has 0 saturated carbocycles. The van der Waals surface area contributed by atoms with Gasteiger partial charge in [-0.1, -0.05) is 11.6 Å². The number of hydrogen-bond acceptors (Lipinski definition) is 12. The van der Waals surface area contributed by atoms with Crippen molar-refractivity contribution in [1.82, 2.24) is 30.1 Å². The maximum Gasteiger partial charge on any atom is 0.293 e. The molecule has 5 heterocycles. The number of aryl methyl sites for hydroxylation is 1. The molecule has 16 nitrogen and oxygen atoms in total. The van der Waals surface area contributed by atoms with E-state index in [0.29, 0.717) is 58.8 Å². The predicted molar refractivity (Wildman–Crippen MR) is 193 cm³/mol. The third-order valence-electron chi connectivity index (χ3n) is 9.52. The van der Waals surface area contributed by atoms with Gasteiger partial charge in [-0.3, -0.25) is 39.0 Å². The molecule has 2 atom stereocenters. The zero-order chi connectivity index (χ0) is 37.4. The molecule has 2 aromatic heterocycles. The number of rotatable bonds is 10. The van der Waals surface area contributed by atoms with Gasteiger partial charge in [0.15, 0.2) is 18.2 Å². The molecule has 3 N–H and O–H groups in total. The standard InChI is InChI=1S/C36H35ClN8O8/c1-38-30(47)18-53-28-13-20-12-21(5-8-26(20)43(2)35(28)51)40-31-25(37)15-39-36(42-31)44-11-3-4-19(16-44)17-52-22-6-7-23-24(14-22)34(50)45(33(23)49)27-9-10-29(46)41-32(27)48/h5-8,12-15,19,27H,3-4,9-11,16-18H2,1-2H3,(H,38,47)(H,39,40,42)(H,41,46,48)/t19-,27?/m0/s1. The predicted octanol–water partition coefficient (Wildman–Crippen LogP) is 2.55. The van der Waals surface area contributed by atoms with Gasteiger partial charge in [0.05, 0.1) is 29.4 Å². The molecule has 274 valence electrons. The van der Waals surface area contributed by atoms with Crippen molar-refractivity contribution in [2.45, 2.75) is 31.7 Å². The molecule has 2 fully saturated rings. The first-order chi connectivity index (χ1) is 25.5. The summed E-state index contributed by atoms with van der Waals surface area (Å²) in [6, 6.07) is 10.6. The van der Waals surface area contributed by atoms with Gasteiger partial charge >= 0.3 is 0 Å². The lowest BCUT2D eigenvalue weighted by atomic mass is 9.99. The van der Waals surface area contributed by atoms with E-state index < -0.39 is 29.7 Å². The number of nitrogens with zero attached hydrogens (tertiary/aromatic N) is 5. The van der Waals surface area contributed by atoms with E-state index in [2.05, 4.69) is 20.9 Å². The highest BCUT2D eigenvalue weighted by atomic mass is 35.5. The monoisotopic (exact) mass is 742 g/mol. The van der Waals surface area contributed by atoms with Gasteiger partial charge in [0.25, 0.3) is 23.3 Å². The number of anilines is 3. The molecule has 3 aliphatic heterocycles. The number of carbonyl (C=O) groups excluding carboxylic acids is 5. The van der Waals surface area contributed by atoms with Crippen molar-refractivity contribution in [2.75, 3.05) is 43.6 Å². The smallest absolute Gasteiger partial charge is 0.293 e. The lowest BCUT2D eigenvalue weighted by Gasteiger charge is -2.32. The lowest BCUT2D eigenvalue weighted by Crippen LogP contribution is -2.54. The number of amides is 5. The minimum absolute atomic E-state index is 0.0444. The molecule has 1 unspecified atom stereocenters. The molecule has 5 amide bonds. The van der Waals surface area contributed by atoms with Crippen LogP contribution in [0.15, 0.2) is 53.5 Å². The van der Waals surface area contributed by atoms with E-state index in [-0.39, 0.29) is 53.7 Å². The largest absolute Gasteiger partial charge is 0.493 e. The Hall–Kier alpha value is -6.03. The molecule has 7 rings (SSSR count). The topological polar surface area (TPSA) is 194 Å². The van der Waals surface area contributed by atoms with Crippen LogP contribution in [0.25, 0.3) is 10.9 Å². The molecule has 0 bridgehead atoms. The summed E-state index contributed by atoms with van der Waals surface area (Å²) in [5, 5.41) is 8.91. The van der Waals surface area contributed by atoms with Crippen LogP contribution in [0.3, 0.4) is 0 Å². The zero-order valence-electron chi connectivity index (χ0n) is 28.8. The van der Waals surface area contributed by atoms with Gasteiger partial charge in [0.2, 0.25) is 17.8 Å². The summed E-state index contributed by atoms with van der Waals surface area (Å²) in [6.07, 6.45) is 3.40. The van der Waals surface area contributed by atoms with Crippen molar-refractivity contribution in [2.24, 2.45) is 13.0 Å². The van der Waals surface area contributed by atoms with Crippen molar-refractivity contribution < 1.29 is 33.4 Å². The Balaban J connectivity index is 1.01. The van der Waals surface area contributed by atoms with E-state index in [1.807, 2.05) is 11.0 Å². The van der Waals surface area contributed by atoms with E-state index in [0.717, 1.165) is 17.7 Å². The summed E-state index contributed by atoms with van der Waals surface area (Å²) in [5.74, 6) is -1.20. The van der Waals surface area contributed by atoms with Crippen LogP contribution in [-0.2, 0) is 21.4 Å². The Morgan fingerprint density at radius 1 is 1.02 bits per heavy atom. The Labute approximate surface area is 307 Å². The van der Waals surface area contributed by atoms with Gasteiger partial charge in [-0.25, -0.2) is 4.98 Å². The highest BCUT2D eigenvalue weighted by Crippen LogP contribution is 2.32. The Kier molecular flexibility index (Phi) is 9.70. The van der Waals surface area contributed by atoms with Crippen molar-refractivity contribution in [3.8, 4) is 11.5 Å². The van der Waals surface area contributed by atoms with E-state index in [4.69, 9.17) is 26.1 Å². The van der Waals surface area contributed by atoms with E-state index >= 15 is 0 Å². The highest BCUT2D eigenvalue weighted by molar-refractivity contribution is 6.33. The molecule has 0 aliphatic carbocycles. The third-order valence-corrected chi connectivity index (χ3v) is 9.80. The number of halogens is 1. The van der Waals surface area contributed by atoms with Crippen LogP contribution >= 0.6 is 11.6 Å². The number of piperidine rings is 2. The van der Waals surface area contributed by atoms with E-state index in [1.54, 1.807) is 31.3 Å². The third kappa shape index (κ3) is 7.09. The van der Waals surface area contributed by atoms with Crippen LogP contribution in [0.2, 0.25) is 5.02 Å². The highest BCUT2D eigenvalue weighted by Gasteiger charge is 2.44. The van der Waals surface area contributed by atoms with Crippen molar-refractivity contribution in [3.05, 3.63) is 75.2 Å². The minimum Gasteiger partial charge on any atom is -0.493 e. The molecular formula is C36H35ClN8O8. The van der Waals surface area contributed by atoms with Crippen LogP contribution in [-0.4, -0.2) is 88.4 Å². The van der Waals surface area contributed by atoms with Crippen LogP contribution in [0.4, 0.5) is 17.5 Å². The number of likely N-dealkylation sites (N-methyl/N-ethyl adjacent to an activating group) is 1. The summed E-state index contributed by atoms with van der Waals surface area (Å²) < 4.78 is 13.0. The van der Waals surface area contributed by atoms with Gasteiger partial charge in [-0.05, 0) is 61.7 Å². The molecule has 17 heteroatoms. The fourth-order valence-electron chi connectivity index (χ4n) is 6.72. The number of ether oxygens (including phenoxy) is 2. The summed E-state index contributed by atoms with van der Waals surface area (Å²) in [5.41, 5.74) is 1.29. The first-order valence-electron chi connectivity index (χ1n) is 17.0. The first kappa shape index (κ1) is 35.4. The summed E-state index contributed by atoms with van der Waals surface area (Å²) in [7, 11) is 3.11. The number of carbonyl (C=O) groups is 5. The van der Waals surface area contributed by atoms with Crippen molar-refractivity contribution >= 4 is 69.5 Å². The maximum atomic E-state index is 13.2. The van der Waals surface area contributed by atoms with E-state index in [9.17, 15) is 28.8 Å². The second-order valence-electron chi connectivity index (χ2n) is 13.0. The summed E-state index contributed by atoms with van der Waals surface area (Å²) in [6.45, 7) is 1.35. The molecule has 0 radical (unpaired) electrons. The maximum absolute atomic E-state index is 13.2. The quantitative estimate of drug-likeness (QED) is 0.201. The molecule has 2 aromatic carbocycles. The molecule has 2 saturated heterocycles. The summed E-state index contributed by atoms with van der Waals surface area (Å²) >= 11 is 6.52. The number of benzene rings is 2. The van der Waals surface area contributed by atoms with Crippen molar-refractivity contribution in [1.29, 1.82) is 0 Å². The van der Waals surface area contributed by atoms with Gasteiger partial charge < -0.3 is 29.6 Å². The van der Waals surface area contributed by atoms with Crippen LogP contribution in [0, 0.1) is 5.92 Å². The Bertz CT molecular complexity index is 2240. The second-order valence-corrected chi connectivity index (χ2v) is 13.4. The molecule has 3 aliphatic rings. The lowest BCUT2D eigenvalue weighted by molar-refractivity contribution is -0.136. The molecule has 4 aromatic rings. The van der Waals surface area contributed by atoms with Gasteiger partial charge in [-0.15, -0.1) is 0 Å². The average Bonchev–Trinajstić information content (AvgIpc) is 3.40. The number of nitrogens with one attached hydrogen (secondary N) is 3. The molecule has 53 heavy (non-hydrogen) atoms. The molecule has 0 spiro atoms. The summed E-state index contributed by atoms with van der Waals surface area (Å²) in [4.78, 5) is 86.9.